The first-order chi connectivity index (χ1) is 13.9. The zero-order chi connectivity index (χ0) is 20.7. The number of rotatable bonds is 3. The monoisotopic (exact) mass is 427 g/mol. The van der Waals surface area contributed by atoms with Crippen molar-refractivity contribution in [3.05, 3.63) is 64.8 Å². The Morgan fingerprint density at radius 3 is 2.48 bits per heavy atom. The van der Waals surface area contributed by atoms with Gasteiger partial charge in [-0.05, 0) is 18.2 Å². The van der Waals surface area contributed by atoms with Crippen LogP contribution in [0.25, 0.3) is 5.57 Å². The minimum atomic E-state index is -0.568. The van der Waals surface area contributed by atoms with Gasteiger partial charge in [-0.15, -0.1) is 0 Å². The lowest BCUT2D eigenvalue weighted by atomic mass is 10.1. The largest absolute Gasteiger partial charge is 0.322 e. The van der Waals surface area contributed by atoms with E-state index in [9.17, 15) is 18.8 Å². The van der Waals surface area contributed by atoms with Crippen molar-refractivity contribution in [3.63, 3.8) is 0 Å². The molecule has 0 atom stereocenters. The molecule has 2 aliphatic rings. The summed E-state index contributed by atoms with van der Waals surface area (Å²) in [6.45, 7) is -0.319. The number of fused-ring (bicyclic) bond motifs is 1. The van der Waals surface area contributed by atoms with E-state index in [1.807, 2.05) is 0 Å². The Labute approximate surface area is 175 Å². The van der Waals surface area contributed by atoms with Crippen LogP contribution in [0.1, 0.15) is 5.56 Å². The lowest BCUT2D eigenvalue weighted by Gasteiger charge is -2.17. The smallest absolute Gasteiger partial charge is 0.266 e. The molecule has 6 nitrogen and oxygen atoms in total. The van der Waals surface area contributed by atoms with Gasteiger partial charge in [0.15, 0.2) is 0 Å². The van der Waals surface area contributed by atoms with Crippen molar-refractivity contribution in [2.75, 3.05) is 23.8 Å². The number of halogens is 1. The number of carbonyl (C=O) groups excluding carboxylic acids is 3. The molecule has 2 aromatic rings. The molecule has 2 aromatic carbocycles. The Kier molecular flexibility index (Phi) is 4.93. The van der Waals surface area contributed by atoms with Crippen molar-refractivity contribution in [2.45, 2.75) is 0 Å². The number of amides is 3. The molecule has 0 unspecified atom stereocenters. The summed E-state index contributed by atoms with van der Waals surface area (Å²) in [5, 5.41) is 2.47. The minimum absolute atomic E-state index is 0.0320. The molecule has 1 N–H and O–H groups in total. The van der Waals surface area contributed by atoms with Gasteiger partial charge < -0.3 is 5.32 Å². The molecule has 1 fully saturated rings. The topological polar surface area (TPSA) is 69.7 Å². The maximum absolute atomic E-state index is 13.8. The van der Waals surface area contributed by atoms with E-state index in [0.29, 0.717) is 15.6 Å². The number of hydrogen-bond acceptors (Lipinski definition) is 5. The highest BCUT2D eigenvalue weighted by Gasteiger charge is 2.41. The van der Waals surface area contributed by atoms with Crippen molar-refractivity contribution in [1.29, 1.82) is 0 Å². The first kappa shape index (κ1) is 19.3. The molecule has 0 spiro atoms. The molecule has 0 saturated carbocycles. The Balaban J connectivity index is 1.67. The minimum Gasteiger partial charge on any atom is -0.322 e. The third-order valence-corrected chi connectivity index (χ3v) is 6.12. The van der Waals surface area contributed by atoms with Crippen molar-refractivity contribution in [2.24, 2.45) is 0 Å². The fourth-order valence-corrected chi connectivity index (χ4v) is 4.40. The number of carbonyl (C=O) groups is 3. The van der Waals surface area contributed by atoms with E-state index >= 15 is 0 Å². The maximum atomic E-state index is 13.8. The van der Waals surface area contributed by atoms with Crippen LogP contribution in [0.4, 0.5) is 15.8 Å². The molecule has 2 heterocycles. The van der Waals surface area contributed by atoms with Crippen LogP contribution in [0.15, 0.2) is 53.4 Å². The Hall–Kier alpha value is -3.04. The Bertz CT molecular complexity index is 1120. The maximum Gasteiger partial charge on any atom is 0.266 e. The fourth-order valence-electron chi connectivity index (χ4n) is 3.14. The third-order valence-electron chi connectivity index (χ3n) is 4.56. The molecule has 2 aliphatic heterocycles. The highest BCUT2D eigenvalue weighted by Crippen LogP contribution is 2.44. The predicted octanol–water partition coefficient (Wildman–Crippen LogP) is 3.01. The molecule has 0 aromatic heterocycles. The van der Waals surface area contributed by atoms with Gasteiger partial charge in [0, 0.05) is 12.6 Å². The number of hydrogen-bond donors (Lipinski definition) is 1. The fraction of sp³-hybridized carbons (Fsp3) is 0.100. The Morgan fingerprint density at radius 2 is 1.79 bits per heavy atom. The zero-order valence-corrected chi connectivity index (χ0v) is 16.8. The SMILES string of the molecule is CN1C(=O)/C(=C2/C(=O)N(CC(=O)Nc3ccccc3F)c3ccccc32)SC1=S. The van der Waals surface area contributed by atoms with Gasteiger partial charge in [0.25, 0.3) is 11.8 Å². The molecule has 3 amide bonds. The van der Waals surface area contributed by atoms with Crippen LogP contribution in [0.5, 0.6) is 0 Å². The summed E-state index contributed by atoms with van der Waals surface area (Å²) in [4.78, 5) is 41.0. The van der Waals surface area contributed by atoms with Crippen molar-refractivity contribution in [3.8, 4) is 0 Å². The number of nitrogens with zero attached hydrogens (tertiary/aromatic N) is 2. The van der Waals surface area contributed by atoms with Gasteiger partial charge in [0.05, 0.1) is 21.9 Å². The molecule has 0 bridgehead atoms. The number of likely N-dealkylation sites (N-methyl/N-ethyl adjacent to an activating group) is 1. The van der Waals surface area contributed by atoms with Crippen LogP contribution in [0, 0.1) is 5.82 Å². The predicted molar refractivity (Wildman–Crippen MR) is 114 cm³/mol. The van der Waals surface area contributed by atoms with E-state index < -0.39 is 17.6 Å². The summed E-state index contributed by atoms with van der Waals surface area (Å²) in [7, 11) is 1.55. The second-order valence-electron chi connectivity index (χ2n) is 6.37. The van der Waals surface area contributed by atoms with Gasteiger partial charge in [-0.3, -0.25) is 24.2 Å². The number of anilines is 2. The van der Waals surface area contributed by atoms with Gasteiger partial charge >= 0.3 is 0 Å². The summed E-state index contributed by atoms with van der Waals surface area (Å²) in [5.74, 6) is -1.94. The standard InChI is InChI=1S/C20H14FN3O3S2/c1-23-19(27)17(29-20(23)28)16-11-6-2-5-9-14(11)24(18(16)26)10-15(25)22-13-8-4-3-7-12(13)21/h2-9H,10H2,1H3,(H,22,25)/b17-16-. The van der Waals surface area contributed by atoms with Crippen molar-refractivity contribution in [1.82, 2.24) is 4.90 Å². The third kappa shape index (κ3) is 3.32. The van der Waals surface area contributed by atoms with Gasteiger partial charge in [0.2, 0.25) is 5.91 Å². The first-order valence-electron chi connectivity index (χ1n) is 8.58. The lowest BCUT2D eigenvalue weighted by Crippen LogP contribution is -2.35. The Morgan fingerprint density at radius 1 is 1.10 bits per heavy atom. The van der Waals surface area contributed by atoms with E-state index in [4.69, 9.17) is 12.2 Å². The summed E-state index contributed by atoms with van der Waals surface area (Å²) in [5.41, 5.74) is 1.33. The van der Waals surface area contributed by atoms with Gasteiger partial charge in [-0.2, -0.15) is 0 Å². The van der Waals surface area contributed by atoms with Crippen LogP contribution in [0.2, 0.25) is 0 Å². The van der Waals surface area contributed by atoms with Gasteiger partial charge in [-0.1, -0.05) is 54.3 Å². The van der Waals surface area contributed by atoms with E-state index in [2.05, 4.69) is 5.32 Å². The average molecular weight is 427 g/mol. The molecule has 0 radical (unpaired) electrons. The van der Waals surface area contributed by atoms with E-state index in [1.54, 1.807) is 37.4 Å². The lowest BCUT2D eigenvalue weighted by molar-refractivity contribution is -0.121. The molecule has 146 valence electrons. The van der Waals surface area contributed by atoms with Gasteiger partial charge in [0.1, 0.15) is 16.7 Å². The summed E-state index contributed by atoms with van der Waals surface area (Å²) in [6.07, 6.45) is 0. The van der Waals surface area contributed by atoms with Crippen LogP contribution in [0.3, 0.4) is 0 Å². The molecule has 0 aliphatic carbocycles. The zero-order valence-electron chi connectivity index (χ0n) is 15.1. The second-order valence-corrected chi connectivity index (χ2v) is 8.02. The van der Waals surface area contributed by atoms with Crippen molar-refractivity contribution < 1.29 is 18.8 Å². The number of nitrogens with one attached hydrogen (secondary N) is 1. The second kappa shape index (κ2) is 7.41. The molecule has 4 rings (SSSR count). The first-order valence-corrected chi connectivity index (χ1v) is 9.80. The normalized spacial score (nSPS) is 18.5. The van der Waals surface area contributed by atoms with Crippen LogP contribution < -0.4 is 10.2 Å². The van der Waals surface area contributed by atoms with E-state index in [1.165, 1.54) is 28.0 Å². The van der Waals surface area contributed by atoms with E-state index in [-0.39, 0.29) is 28.6 Å². The highest BCUT2D eigenvalue weighted by atomic mass is 32.2. The number of thioether (sulfide) groups is 1. The highest BCUT2D eigenvalue weighted by molar-refractivity contribution is 8.26. The number of benzene rings is 2. The van der Waals surface area contributed by atoms with Gasteiger partial charge in [-0.25, -0.2) is 4.39 Å². The number of para-hydroxylation sites is 2. The molecular formula is C20H14FN3O3S2. The average Bonchev–Trinajstić information content (AvgIpc) is 3.11. The summed E-state index contributed by atoms with van der Waals surface area (Å²) < 4.78 is 14.2. The molecule has 1 saturated heterocycles. The number of thiocarbonyl (C=S) groups is 1. The molecular weight excluding hydrogens is 413 g/mol. The summed E-state index contributed by atoms with van der Waals surface area (Å²) in [6, 6.07) is 12.7. The molecule has 29 heavy (non-hydrogen) atoms. The van der Waals surface area contributed by atoms with Crippen molar-refractivity contribution >= 4 is 63.0 Å². The van der Waals surface area contributed by atoms with E-state index in [0.717, 1.165) is 11.8 Å². The van der Waals surface area contributed by atoms with Crippen LogP contribution in [-0.2, 0) is 14.4 Å². The quantitative estimate of drug-likeness (QED) is 0.602. The summed E-state index contributed by atoms with van der Waals surface area (Å²) >= 11 is 6.22. The van der Waals surface area contributed by atoms with Crippen LogP contribution >= 0.6 is 24.0 Å². The molecule has 9 heteroatoms. The van der Waals surface area contributed by atoms with Crippen LogP contribution in [-0.4, -0.2) is 40.5 Å².